The Morgan fingerprint density at radius 2 is 2.00 bits per heavy atom. The van der Waals surface area contributed by atoms with Crippen LogP contribution in [0.25, 0.3) is 11.4 Å². The van der Waals surface area contributed by atoms with E-state index in [9.17, 15) is 0 Å². The first-order valence-corrected chi connectivity index (χ1v) is 7.26. The van der Waals surface area contributed by atoms with Crippen LogP contribution in [0.5, 0.6) is 0 Å². The highest BCUT2D eigenvalue weighted by atomic mass is 32.1. The van der Waals surface area contributed by atoms with Gasteiger partial charge in [-0.3, -0.25) is 0 Å². The van der Waals surface area contributed by atoms with Gasteiger partial charge in [0, 0.05) is 10.9 Å². The van der Waals surface area contributed by atoms with E-state index in [0.29, 0.717) is 6.04 Å². The van der Waals surface area contributed by atoms with Crippen LogP contribution in [-0.4, -0.2) is 14.8 Å². The van der Waals surface area contributed by atoms with Crippen molar-refractivity contribution in [1.82, 2.24) is 14.8 Å². The second kappa shape index (κ2) is 4.39. The third-order valence-corrected chi connectivity index (χ3v) is 4.56. The molecule has 0 unspecified atom stereocenters. The van der Waals surface area contributed by atoms with Gasteiger partial charge in [-0.15, -0.1) is 21.5 Å². The Morgan fingerprint density at radius 3 is 2.61 bits per heavy atom. The molecule has 1 aliphatic rings. The second-order valence-electron chi connectivity index (χ2n) is 5.01. The van der Waals surface area contributed by atoms with Crippen LogP contribution in [-0.2, 0) is 0 Å². The number of hydrogen-bond acceptors (Lipinski definition) is 4. The minimum absolute atomic E-state index is 0.551. The summed E-state index contributed by atoms with van der Waals surface area (Å²) >= 11 is 1.62. The van der Waals surface area contributed by atoms with Crippen molar-refractivity contribution in [1.29, 1.82) is 0 Å². The van der Waals surface area contributed by atoms with E-state index in [2.05, 4.69) is 27.8 Å². The van der Waals surface area contributed by atoms with Crippen molar-refractivity contribution in [3.63, 3.8) is 0 Å². The number of nitrogens with zero attached hydrogens (tertiary/aromatic N) is 3. The molecule has 4 nitrogen and oxygen atoms in total. The summed E-state index contributed by atoms with van der Waals surface area (Å²) in [6, 6.07) is 2.67. The van der Waals surface area contributed by atoms with Gasteiger partial charge in [0.25, 0.3) is 0 Å². The number of anilines is 1. The van der Waals surface area contributed by atoms with Gasteiger partial charge in [0.05, 0.1) is 10.6 Å². The highest BCUT2D eigenvalue weighted by Gasteiger charge is 2.24. The fraction of sp³-hybridized carbons (Fsp3) is 0.538. The molecule has 1 saturated carbocycles. The Balaban J connectivity index is 2.09. The van der Waals surface area contributed by atoms with Gasteiger partial charge >= 0.3 is 0 Å². The van der Waals surface area contributed by atoms with Gasteiger partial charge in [-0.25, -0.2) is 0 Å². The number of thiophene rings is 1. The van der Waals surface area contributed by atoms with Crippen molar-refractivity contribution >= 4 is 16.3 Å². The van der Waals surface area contributed by atoms with Crippen LogP contribution in [0.3, 0.4) is 0 Å². The highest BCUT2D eigenvalue weighted by Crippen LogP contribution is 2.37. The minimum Gasteiger partial charge on any atom is -0.390 e. The number of aromatic nitrogens is 3. The molecule has 0 radical (unpaired) electrons. The number of rotatable bonds is 2. The highest BCUT2D eigenvalue weighted by molar-refractivity contribution is 7.16. The molecule has 0 amide bonds. The standard InChI is InChI=1S/C13H18N4S/c1-8-7-11(12(14)18-8)13-16-15-9(2)17(13)10-5-3-4-6-10/h7,10H,3-6,14H2,1-2H3. The van der Waals surface area contributed by atoms with Gasteiger partial charge < -0.3 is 10.3 Å². The Hall–Kier alpha value is -1.36. The van der Waals surface area contributed by atoms with Gasteiger partial charge in [-0.1, -0.05) is 12.8 Å². The summed E-state index contributed by atoms with van der Waals surface area (Å²) in [4.78, 5) is 1.22. The first-order valence-electron chi connectivity index (χ1n) is 6.44. The molecule has 3 rings (SSSR count). The number of nitrogen functional groups attached to an aromatic ring is 1. The predicted octanol–water partition coefficient (Wildman–Crippen LogP) is 3.32. The summed E-state index contributed by atoms with van der Waals surface area (Å²) in [7, 11) is 0. The number of hydrogen-bond donors (Lipinski definition) is 1. The van der Waals surface area contributed by atoms with Crippen LogP contribution in [0.4, 0.5) is 5.00 Å². The molecule has 2 aromatic rings. The summed E-state index contributed by atoms with van der Waals surface area (Å²) in [5.41, 5.74) is 7.13. The molecule has 1 aliphatic carbocycles. The molecule has 5 heteroatoms. The van der Waals surface area contributed by atoms with E-state index in [-0.39, 0.29) is 0 Å². The van der Waals surface area contributed by atoms with Crippen LogP contribution in [0.1, 0.15) is 42.4 Å². The van der Waals surface area contributed by atoms with E-state index < -0.39 is 0 Å². The smallest absolute Gasteiger partial charge is 0.167 e. The Kier molecular flexibility index (Phi) is 2.86. The summed E-state index contributed by atoms with van der Waals surface area (Å²) in [5, 5.41) is 9.44. The quantitative estimate of drug-likeness (QED) is 0.903. The molecule has 0 spiro atoms. The van der Waals surface area contributed by atoms with Crippen molar-refractivity contribution in [3.05, 3.63) is 16.8 Å². The molecule has 2 N–H and O–H groups in total. The van der Waals surface area contributed by atoms with Crippen molar-refractivity contribution in [2.24, 2.45) is 0 Å². The van der Waals surface area contributed by atoms with Gasteiger partial charge in [-0.05, 0) is 32.8 Å². The first-order chi connectivity index (χ1) is 8.66. The van der Waals surface area contributed by atoms with Gasteiger partial charge in [0.2, 0.25) is 0 Å². The third kappa shape index (κ3) is 1.82. The molecule has 0 aromatic carbocycles. The fourth-order valence-electron chi connectivity index (χ4n) is 2.86. The van der Waals surface area contributed by atoms with Crippen molar-refractivity contribution in [2.45, 2.75) is 45.6 Å². The average molecular weight is 262 g/mol. The molecular weight excluding hydrogens is 244 g/mol. The largest absolute Gasteiger partial charge is 0.390 e. The van der Waals surface area contributed by atoms with E-state index in [4.69, 9.17) is 5.73 Å². The SMILES string of the molecule is Cc1cc(-c2nnc(C)n2C2CCCC2)c(N)s1. The summed E-state index contributed by atoms with van der Waals surface area (Å²) in [5.74, 6) is 1.95. The third-order valence-electron chi connectivity index (χ3n) is 3.68. The van der Waals surface area contributed by atoms with Crippen LogP contribution in [0, 0.1) is 13.8 Å². The Labute approximate surface area is 111 Å². The summed E-state index contributed by atoms with van der Waals surface area (Å²) in [6.45, 7) is 4.11. The lowest BCUT2D eigenvalue weighted by Crippen LogP contribution is -2.08. The molecule has 0 bridgehead atoms. The van der Waals surface area contributed by atoms with Gasteiger partial charge in [-0.2, -0.15) is 0 Å². The number of nitrogens with two attached hydrogens (primary N) is 1. The normalized spacial score (nSPS) is 16.6. The molecule has 0 saturated heterocycles. The zero-order chi connectivity index (χ0) is 12.7. The molecule has 1 fully saturated rings. The second-order valence-corrected chi connectivity index (χ2v) is 6.30. The average Bonchev–Trinajstić information content (AvgIpc) is 2.99. The molecule has 18 heavy (non-hydrogen) atoms. The molecule has 2 heterocycles. The van der Waals surface area contributed by atoms with Gasteiger partial charge in [0.15, 0.2) is 5.82 Å². The maximum Gasteiger partial charge on any atom is 0.167 e. The number of aryl methyl sites for hydroxylation is 2. The minimum atomic E-state index is 0.551. The van der Waals surface area contributed by atoms with E-state index in [1.165, 1.54) is 30.6 Å². The Morgan fingerprint density at radius 1 is 1.28 bits per heavy atom. The van der Waals surface area contributed by atoms with Crippen molar-refractivity contribution < 1.29 is 0 Å². The van der Waals surface area contributed by atoms with Gasteiger partial charge in [0.1, 0.15) is 5.82 Å². The zero-order valence-corrected chi connectivity index (χ0v) is 11.6. The lowest BCUT2D eigenvalue weighted by Gasteiger charge is -2.15. The van der Waals surface area contributed by atoms with Crippen LogP contribution in [0.15, 0.2) is 6.07 Å². The summed E-state index contributed by atoms with van der Waals surface area (Å²) in [6.07, 6.45) is 5.07. The van der Waals surface area contributed by atoms with E-state index in [1.54, 1.807) is 11.3 Å². The molecule has 2 aromatic heterocycles. The Bertz CT molecular complexity index is 564. The van der Waals surface area contributed by atoms with Crippen LogP contribution in [0.2, 0.25) is 0 Å². The monoisotopic (exact) mass is 262 g/mol. The summed E-state index contributed by atoms with van der Waals surface area (Å²) < 4.78 is 2.28. The van der Waals surface area contributed by atoms with Crippen LogP contribution < -0.4 is 5.73 Å². The molecular formula is C13H18N4S. The molecule has 96 valence electrons. The predicted molar refractivity (Wildman–Crippen MR) is 74.7 cm³/mol. The topological polar surface area (TPSA) is 56.7 Å². The van der Waals surface area contributed by atoms with Crippen molar-refractivity contribution in [3.8, 4) is 11.4 Å². The maximum atomic E-state index is 6.09. The lowest BCUT2D eigenvalue weighted by atomic mass is 10.2. The zero-order valence-electron chi connectivity index (χ0n) is 10.8. The lowest BCUT2D eigenvalue weighted by molar-refractivity contribution is 0.510. The fourth-order valence-corrected chi connectivity index (χ4v) is 3.64. The first kappa shape index (κ1) is 11.7. The van der Waals surface area contributed by atoms with E-state index in [1.807, 2.05) is 6.92 Å². The van der Waals surface area contributed by atoms with Crippen LogP contribution >= 0.6 is 11.3 Å². The van der Waals surface area contributed by atoms with Crippen molar-refractivity contribution in [2.75, 3.05) is 5.73 Å². The molecule has 0 atom stereocenters. The maximum absolute atomic E-state index is 6.09. The van der Waals surface area contributed by atoms with E-state index >= 15 is 0 Å². The molecule has 0 aliphatic heterocycles. The van der Waals surface area contributed by atoms with E-state index in [0.717, 1.165) is 22.2 Å².